The normalized spacial score (nSPS) is 13.4. The number of carbonyl (C=O) groups is 2. The second-order valence-electron chi connectivity index (χ2n) is 9.34. The van der Waals surface area contributed by atoms with Crippen molar-refractivity contribution in [3.8, 4) is 0 Å². The van der Waals surface area contributed by atoms with Gasteiger partial charge in [0.25, 0.3) is 5.91 Å². The molecule has 1 atom stereocenters. The molecule has 0 aliphatic carbocycles. The molecular weight excluding hydrogens is 597 g/mol. The molecule has 2 aromatic carbocycles. The van der Waals surface area contributed by atoms with Gasteiger partial charge >= 0.3 is 18.4 Å². The highest BCUT2D eigenvalue weighted by Gasteiger charge is 2.40. The lowest BCUT2D eigenvalue weighted by Gasteiger charge is -2.33. The van der Waals surface area contributed by atoms with Gasteiger partial charge in [0.1, 0.15) is 0 Å². The van der Waals surface area contributed by atoms with E-state index >= 15 is 0 Å². The molecule has 14 heteroatoms. The van der Waals surface area contributed by atoms with Crippen LogP contribution in [-0.4, -0.2) is 46.8 Å². The Kier molecular flexibility index (Phi) is 10.2. The van der Waals surface area contributed by atoms with E-state index in [9.17, 15) is 41.0 Å². The average Bonchev–Trinajstić information content (AvgIpc) is 2.77. The average molecular weight is 620 g/mol. The molecule has 39 heavy (non-hydrogen) atoms. The van der Waals surface area contributed by atoms with Crippen LogP contribution in [0.2, 0.25) is 15.1 Å². The number of nitrogens with zero attached hydrogens (tertiary/aromatic N) is 1. The Morgan fingerprint density at radius 2 is 1.56 bits per heavy atom. The van der Waals surface area contributed by atoms with Crippen LogP contribution in [0.25, 0.3) is 6.08 Å². The van der Waals surface area contributed by atoms with Crippen molar-refractivity contribution >= 4 is 52.9 Å². The molecule has 2 N–H and O–H groups in total. The smallest absolute Gasteiger partial charge is 0.417 e. The van der Waals surface area contributed by atoms with Crippen molar-refractivity contribution in [2.45, 2.75) is 44.6 Å². The molecule has 0 saturated heterocycles. The third-order valence-corrected chi connectivity index (χ3v) is 6.65. The van der Waals surface area contributed by atoms with Crippen molar-refractivity contribution in [1.82, 2.24) is 10.2 Å². The molecule has 0 heterocycles. The van der Waals surface area contributed by atoms with Crippen LogP contribution in [0.4, 0.5) is 31.1 Å². The highest BCUT2D eigenvalue weighted by molar-refractivity contribution is 6.48. The summed E-state index contributed by atoms with van der Waals surface area (Å²) in [5.41, 5.74) is -3.62. The third kappa shape index (κ3) is 8.68. The van der Waals surface area contributed by atoms with Crippen LogP contribution < -0.4 is 5.32 Å². The van der Waals surface area contributed by atoms with Gasteiger partial charge in [0.05, 0.1) is 32.1 Å². The molecule has 0 bridgehead atoms. The van der Waals surface area contributed by atoms with Gasteiger partial charge in [-0.1, -0.05) is 53.0 Å². The van der Waals surface area contributed by atoms with Gasteiger partial charge in [0.15, 0.2) is 0 Å². The zero-order valence-electron chi connectivity index (χ0n) is 20.6. The first-order chi connectivity index (χ1) is 17.7. The van der Waals surface area contributed by atoms with E-state index in [1.54, 1.807) is 20.8 Å². The first-order valence-electron chi connectivity index (χ1n) is 11.1. The molecule has 0 saturated carbocycles. The zero-order chi connectivity index (χ0) is 29.9. The van der Waals surface area contributed by atoms with Crippen molar-refractivity contribution in [3.05, 3.63) is 73.7 Å². The fraction of sp³-hybridized carbons (Fsp3) is 0.360. The van der Waals surface area contributed by atoms with Gasteiger partial charge in [-0.25, -0.2) is 4.79 Å². The minimum atomic E-state index is -5.02. The Morgan fingerprint density at radius 1 is 1.00 bits per heavy atom. The van der Waals surface area contributed by atoms with Crippen molar-refractivity contribution in [2.75, 3.05) is 13.1 Å². The second-order valence-corrected chi connectivity index (χ2v) is 10.5. The van der Waals surface area contributed by atoms with Crippen LogP contribution >= 0.6 is 34.8 Å². The fourth-order valence-corrected chi connectivity index (χ4v) is 4.18. The number of amides is 2. The Morgan fingerprint density at radius 3 is 2.03 bits per heavy atom. The van der Waals surface area contributed by atoms with Crippen LogP contribution in [0.3, 0.4) is 0 Å². The third-order valence-electron chi connectivity index (χ3n) is 5.45. The van der Waals surface area contributed by atoms with E-state index in [4.69, 9.17) is 34.8 Å². The van der Waals surface area contributed by atoms with E-state index in [1.807, 2.05) is 0 Å². The molecular formula is C25H23Cl3F6N2O3. The first-order valence-corrected chi connectivity index (χ1v) is 12.3. The number of hydrogen-bond donors (Lipinski definition) is 2. The van der Waals surface area contributed by atoms with Crippen molar-refractivity contribution in [1.29, 1.82) is 0 Å². The maximum Gasteiger partial charge on any atom is 0.417 e. The number of carbonyl (C=O) groups excluding carboxylic acids is 1. The van der Waals surface area contributed by atoms with Gasteiger partial charge in [-0.05, 0) is 56.2 Å². The summed E-state index contributed by atoms with van der Waals surface area (Å²) in [6.07, 6.45) is -9.67. The Bertz CT molecular complexity index is 1230. The minimum absolute atomic E-state index is 0.148. The minimum Gasteiger partial charge on any atom is -0.465 e. The molecule has 2 aromatic rings. The van der Waals surface area contributed by atoms with Crippen LogP contribution in [0.15, 0.2) is 36.4 Å². The lowest BCUT2D eigenvalue weighted by molar-refractivity contribution is -0.139. The summed E-state index contributed by atoms with van der Waals surface area (Å²) in [7, 11) is 0. The molecule has 5 nitrogen and oxygen atoms in total. The molecule has 0 aliphatic heterocycles. The van der Waals surface area contributed by atoms with E-state index in [1.165, 1.54) is 0 Å². The van der Waals surface area contributed by atoms with Gasteiger partial charge in [0, 0.05) is 18.6 Å². The SMILES string of the molecule is CC(C)(C)N(CCNC(=O)c1ccc(C=CC(c2cc(Cl)c(Cl)c(Cl)c2)C(F)(F)F)cc1C(F)(F)F)C(=O)O. The standard InChI is InChI=1S/C25H23Cl3F6N2O3/c1-23(2,3)36(22(38)39)9-8-35-21(37)15-6-4-13(10-17(15)25(32,33)34)5-7-16(24(29,30)31)14-11-18(26)20(28)19(27)12-14/h4-7,10-12,16H,8-9H2,1-3H3,(H,35,37)(H,38,39). The molecule has 2 amide bonds. The predicted octanol–water partition coefficient (Wildman–Crippen LogP) is 8.53. The number of carboxylic acid groups (broad SMARTS) is 1. The molecule has 0 radical (unpaired) electrons. The van der Waals surface area contributed by atoms with E-state index in [2.05, 4.69) is 5.32 Å². The summed E-state index contributed by atoms with van der Waals surface area (Å²) in [6.45, 7) is 4.36. The maximum absolute atomic E-state index is 13.8. The molecule has 214 valence electrons. The van der Waals surface area contributed by atoms with E-state index < -0.39 is 46.9 Å². The Hall–Kier alpha value is -2.63. The van der Waals surface area contributed by atoms with Crippen molar-refractivity contribution < 1.29 is 41.0 Å². The lowest BCUT2D eigenvalue weighted by Crippen LogP contribution is -2.48. The molecule has 0 aliphatic rings. The summed E-state index contributed by atoms with van der Waals surface area (Å²) in [4.78, 5) is 24.9. The topological polar surface area (TPSA) is 69.6 Å². The fourth-order valence-electron chi connectivity index (χ4n) is 3.56. The lowest BCUT2D eigenvalue weighted by atomic mass is 9.96. The van der Waals surface area contributed by atoms with E-state index in [-0.39, 0.29) is 39.3 Å². The number of rotatable bonds is 7. The summed E-state index contributed by atoms with van der Waals surface area (Å²) in [6, 6.07) is 4.33. The van der Waals surface area contributed by atoms with Gasteiger partial charge in [-0.3, -0.25) is 4.79 Å². The van der Waals surface area contributed by atoms with Crippen LogP contribution in [-0.2, 0) is 6.18 Å². The molecule has 1 unspecified atom stereocenters. The molecule has 0 aromatic heterocycles. The highest BCUT2D eigenvalue weighted by Crippen LogP contribution is 2.41. The maximum atomic E-state index is 13.8. The number of hydrogen-bond acceptors (Lipinski definition) is 2. The number of nitrogens with one attached hydrogen (secondary N) is 1. The number of alkyl halides is 6. The summed E-state index contributed by atoms with van der Waals surface area (Å²) in [5.74, 6) is -3.40. The largest absolute Gasteiger partial charge is 0.465 e. The van der Waals surface area contributed by atoms with E-state index in [0.29, 0.717) is 12.1 Å². The summed E-state index contributed by atoms with van der Waals surface area (Å²) in [5, 5.41) is 10.9. The van der Waals surface area contributed by atoms with Gasteiger partial charge in [-0.15, -0.1) is 0 Å². The van der Waals surface area contributed by atoms with Crippen molar-refractivity contribution in [2.24, 2.45) is 0 Å². The van der Waals surface area contributed by atoms with Gasteiger partial charge < -0.3 is 15.3 Å². The number of benzene rings is 2. The van der Waals surface area contributed by atoms with Crippen LogP contribution in [0.5, 0.6) is 0 Å². The highest BCUT2D eigenvalue weighted by atomic mass is 35.5. The summed E-state index contributed by atoms with van der Waals surface area (Å²) < 4.78 is 82.6. The van der Waals surface area contributed by atoms with E-state index in [0.717, 1.165) is 35.2 Å². The molecule has 0 spiro atoms. The second kappa shape index (κ2) is 12.3. The predicted molar refractivity (Wildman–Crippen MR) is 138 cm³/mol. The van der Waals surface area contributed by atoms with Crippen LogP contribution in [0, 0.1) is 0 Å². The molecule has 0 fully saturated rings. The first kappa shape index (κ1) is 32.6. The summed E-state index contributed by atoms with van der Waals surface area (Å²) >= 11 is 17.5. The Labute approximate surface area is 235 Å². The Balaban J connectivity index is 2.36. The zero-order valence-corrected chi connectivity index (χ0v) is 22.9. The number of allylic oxidation sites excluding steroid dienone is 1. The monoisotopic (exact) mass is 618 g/mol. The molecule has 2 rings (SSSR count). The quantitative estimate of drug-likeness (QED) is 0.241. The van der Waals surface area contributed by atoms with Gasteiger partial charge in [0.2, 0.25) is 0 Å². The van der Waals surface area contributed by atoms with Crippen molar-refractivity contribution in [3.63, 3.8) is 0 Å². The van der Waals surface area contributed by atoms with Crippen LogP contribution in [0.1, 0.15) is 53.7 Å². The number of halogens is 9. The van der Waals surface area contributed by atoms with Gasteiger partial charge in [-0.2, -0.15) is 26.3 Å².